The van der Waals surface area contributed by atoms with Crippen LogP contribution in [0.1, 0.15) is 6.92 Å². The first kappa shape index (κ1) is 12.8. The normalized spacial score (nSPS) is 11.6. The lowest BCUT2D eigenvalue weighted by Crippen LogP contribution is -2.35. The van der Waals surface area contributed by atoms with Crippen molar-refractivity contribution in [1.82, 2.24) is 5.32 Å². The number of benzene rings is 1. The molecular formula is C10H14N4O3. The number of nitro benzene ring substituents is 1. The van der Waals surface area contributed by atoms with Gasteiger partial charge in [-0.15, -0.1) is 0 Å². The molecule has 1 amide bonds. The number of nitro groups is 1. The zero-order valence-electron chi connectivity index (χ0n) is 9.56. The maximum Gasteiger partial charge on any atom is 0.273 e. The van der Waals surface area contributed by atoms with Gasteiger partial charge in [-0.05, 0) is 13.0 Å². The highest BCUT2D eigenvalue weighted by atomic mass is 16.6. The topological polar surface area (TPSA) is 110 Å². The molecule has 1 aromatic carbocycles. The number of hydrogen-bond donors (Lipinski definition) is 3. The summed E-state index contributed by atoms with van der Waals surface area (Å²) in [7, 11) is 1.52. The van der Waals surface area contributed by atoms with Gasteiger partial charge in [0.2, 0.25) is 5.91 Å². The number of likely N-dealkylation sites (N-methyl/N-ethyl adjacent to an activating group) is 1. The highest BCUT2D eigenvalue weighted by Crippen LogP contribution is 2.22. The van der Waals surface area contributed by atoms with E-state index in [1.807, 2.05) is 0 Å². The van der Waals surface area contributed by atoms with Gasteiger partial charge in [0.1, 0.15) is 6.04 Å². The van der Waals surface area contributed by atoms with Crippen LogP contribution in [-0.2, 0) is 4.79 Å². The van der Waals surface area contributed by atoms with E-state index in [1.165, 1.54) is 25.2 Å². The lowest BCUT2D eigenvalue weighted by Gasteiger charge is -2.13. The number of rotatable bonds is 4. The smallest absolute Gasteiger partial charge is 0.273 e. The molecule has 0 fully saturated rings. The number of nitrogens with one attached hydrogen (secondary N) is 2. The number of anilines is 2. The zero-order valence-corrected chi connectivity index (χ0v) is 9.56. The number of hydrogen-bond acceptors (Lipinski definition) is 5. The maximum atomic E-state index is 11.3. The molecule has 92 valence electrons. The minimum absolute atomic E-state index is 0.114. The Bertz CT molecular complexity index is 447. The van der Waals surface area contributed by atoms with Crippen LogP contribution in [-0.4, -0.2) is 23.9 Å². The summed E-state index contributed by atoms with van der Waals surface area (Å²) in [6.45, 7) is 1.65. The molecule has 0 bridgehead atoms. The van der Waals surface area contributed by atoms with Gasteiger partial charge in [0.05, 0.1) is 4.92 Å². The van der Waals surface area contributed by atoms with E-state index in [-0.39, 0.29) is 17.3 Å². The Kier molecular flexibility index (Phi) is 3.86. The Morgan fingerprint density at radius 3 is 2.65 bits per heavy atom. The summed E-state index contributed by atoms with van der Waals surface area (Å²) in [5.74, 6) is -0.213. The van der Waals surface area contributed by atoms with Crippen molar-refractivity contribution in [2.75, 3.05) is 18.1 Å². The first-order valence-electron chi connectivity index (χ1n) is 4.97. The van der Waals surface area contributed by atoms with Gasteiger partial charge in [0.15, 0.2) is 0 Å². The molecule has 0 saturated carbocycles. The molecule has 4 N–H and O–H groups in total. The average Bonchev–Trinajstić information content (AvgIpc) is 2.26. The molecule has 1 aromatic rings. The number of nitrogens with two attached hydrogens (primary N) is 1. The number of carbonyl (C=O) groups excluding carboxylic acids is 1. The minimum atomic E-state index is -0.536. The first-order chi connectivity index (χ1) is 7.93. The molecule has 0 spiro atoms. The molecule has 0 radical (unpaired) electrons. The summed E-state index contributed by atoms with van der Waals surface area (Å²) in [6, 6.07) is 3.62. The predicted octanol–water partition coefficient (Wildman–Crippen LogP) is 0.723. The van der Waals surface area contributed by atoms with Crippen LogP contribution in [0, 0.1) is 10.1 Å². The molecule has 1 atom stereocenters. The summed E-state index contributed by atoms with van der Waals surface area (Å²) in [5.41, 5.74) is 6.13. The van der Waals surface area contributed by atoms with Crippen molar-refractivity contribution in [2.45, 2.75) is 13.0 Å². The summed E-state index contributed by atoms with van der Waals surface area (Å²) in [6.07, 6.45) is 0. The Morgan fingerprint density at radius 2 is 2.12 bits per heavy atom. The van der Waals surface area contributed by atoms with Crippen LogP contribution in [0.5, 0.6) is 0 Å². The summed E-state index contributed by atoms with van der Waals surface area (Å²) < 4.78 is 0. The average molecular weight is 238 g/mol. The number of non-ortho nitro benzene ring substituents is 1. The van der Waals surface area contributed by atoms with Gasteiger partial charge in [-0.25, -0.2) is 0 Å². The number of nitrogens with zero attached hydrogens (tertiary/aromatic N) is 1. The number of carbonyl (C=O) groups is 1. The Hall–Kier alpha value is -2.31. The van der Waals surface area contributed by atoms with Crippen LogP contribution in [0.15, 0.2) is 18.2 Å². The van der Waals surface area contributed by atoms with Crippen molar-refractivity contribution < 1.29 is 9.72 Å². The van der Waals surface area contributed by atoms with Gasteiger partial charge in [0.25, 0.3) is 5.69 Å². The molecule has 0 aliphatic rings. The van der Waals surface area contributed by atoms with Crippen LogP contribution < -0.4 is 16.4 Å². The first-order valence-corrected chi connectivity index (χ1v) is 4.97. The van der Waals surface area contributed by atoms with Gasteiger partial charge >= 0.3 is 0 Å². The van der Waals surface area contributed by atoms with E-state index in [1.54, 1.807) is 6.92 Å². The molecule has 0 saturated heterocycles. The molecule has 17 heavy (non-hydrogen) atoms. The van der Waals surface area contributed by atoms with Crippen molar-refractivity contribution in [3.8, 4) is 0 Å². The summed E-state index contributed by atoms with van der Waals surface area (Å²) in [4.78, 5) is 21.4. The monoisotopic (exact) mass is 238 g/mol. The van der Waals surface area contributed by atoms with Gasteiger partial charge in [-0.1, -0.05) is 0 Å². The molecule has 0 heterocycles. The van der Waals surface area contributed by atoms with E-state index in [0.717, 1.165) is 0 Å². The van der Waals surface area contributed by atoms with Crippen LogP contribution in [0.2, 0.25) is 0 Å². The van der Waals surface area contributed by atoms with Crippen molar-refractivity contribution in [2.24, 2.45) is 0 Å². The molecule has 0 aromatic heterocycles. The number of nitrogen functional groups attached to an aromatic ring is 1. The van der Waals surface area contributed by atoms with E-state index in [4.69, 9.17) is 5.73 Å². The van der Waals surface area contributed by atoms with Gasteiger partial charge in [-0.3, -0.25) is 14.9 Å². The molecule has 7 nitrogen and oxygen atoms in total. The van der Waals surface area contributed by atoms with Crippen molar-refractivity contribution in [1.29, 1.82) is 0 Å². The fourth-order valence-corrected chi connectivity index (χ4v) is 1.36. The van der Waals surface area contributed by atoms with E-state index in [9.17, 15) is 14.9 Å². The second-order valence-electron chi connectivity index (χ2n) is 3.55. The molecule has 0 aliphatic carbocycles. The number of amides is 1. The molecule has 1 unspecified atom stereocenters. The predicted molar refractivity (Wildman–Crippen MR) is 64.7 cm³/mol. The Labute approximate surface area is 98.1 Å². The quantitative estimate of drug-likeness (QED) is 0.406. The fraction of sp³-hybridized carbons (Fsp3) is 0.300. The van der Waals surface area contributed by atoms with E-state index < -0.39 is 11.0 Å². The Morgan fingerprint density at radius 1 is 1.47 bits per heavy atom. The molecule has 0 aliphatic heterocycles. The third-order valence-corrected chi connectivity index (χ3v) is 2.17. The highest BCUT2D eigenvalue weighted by molar-refractivity contribution is 5.84. The summed E-state index contributed by atoms with van der Waals surface area (Å²) in [5, 5.41) is 15.9. The lowest BCUT2D eigenvalue weighted by atomic mass is 10.2. The zero-order chi connectivity index (χ0) is 13.0. The maximum absolute atomic E-state index is 11.3. The minimum Gasteiger partial charge on any atom is -0.398 e. The van der Waals surface area contributed by atoms with Gasteiger partial charge in [-0.2, -0.15) is 0 Å². The van der Waals surface area contributed by atoms with E-state index >= 15 is 0 Å². The largest absolute Gasteiger partial charge is 0.398 e. The van der Waals surface area contributed by atoms with E-state index in [2.05, 4.69) is 10.6 Å². The third kappa shape index (κ3) is 3.33. The second-order valence-corrected chi connectivity index (χ2v) is 3.55. The van der Waals surface area contributed by atoms with Gasteiger partial charge in [0, 0.05) is 30.6 Å². The molecule has 1 rings (SSSR count). The SMILES string of the molecule is CNC(=O)C(C)Nc1cc(N)cc([N+](=O)[O-])c1. The van der Waals surface area contributed by atoms with Gasteiger partial charge < -0.3 is 16.4 Å². The van der Waals surface area contributed by atoms with Crippen molar-refractivity contribution in [3.05, 3.63) is 28.3 Å². The Balaban J connectivity index is 2.91. The van der Waals surface area contributed by atoms with Crippen LogP contribution in [0.4, 0.5) is 17.1 Å². The van der Waals surface area contributed by atoms with Crippen LogP contribution in [0.25, 0.3) is 0 Å². The van der Waals surface area contributed by atoms with Crippen LogP contribution in [0.3, 0.4) is 0 Å². The second kappa shape index (κ2) is 5.15. The fourth-order valence-electron chi connectivity index (χ4n) is 1.36. The standard InChI is InChI=1S/C10H14N4O3/c1-6(10(15)12-2)13-8-3-7(11)4-9(5-8)14(16)17/h3-6,13H,11H2,1-2H3,(H,12,15). The van der Waals surface area contributed by atoms with Crippen molar-refractivity contribution in [3.63, 3.8) is 0 Å². The molecule has 7 heteroatoms. The van der Waals surface area contributed by atoms with Crippen LogP contribution >= 0.6 is 0 Å². The lowest BCUT2D eigenvalue weighted by molar-refractivity contribution is -0.384. The van der Waals surface area contributed by atoms with Crippen molar-refractivity contribution >= 4 is 23.0 Å². The highest BCUT2D eigenvalue weighted by Gasteiger charge is 2.13. The third-order valence-electron chi connectivity index (χ3n) is 2.17. The molecular weight excluding hydrogens is 224 g/mol. The van der Waals surface area contributed by atoms with E-state index in [0.29, 0.717) is 5.69 Å². The summed E-state index contributed by atoms with van der Waals surface area (Å²) >= 11 is 0.